The van der Waals surface area contributed by atoms with Crippen LogP contribution in [0.25, 0.3) is 0 Å². The highest BCUT2D eigenvalue weighted by Gasteiger charge is 2.23. The van der Waals surface area contributed by atoms with E-state index in [0.717, 1.165) is 11.8 Å². The Hall–Kier alpha value is -1.36. The molecule has 1 amide bonds. The van der Waals surface area contributed by atoms with E-state index in [1.807, 2.05) is 12.1 Å². The normalized spacial score (nSPS) is 13.9. The number of nitrogens with one attached hydrogen (secondary N) is 1. The molecule has 106 valence electrons. The summed E-state index contributed by atoms with van der Waals surface area (Å²) in [5.74, 6) is -0.508. The topological polar surface area (TPSA) is 63.2 Å². The van der Waals surface area contributed by atoms with Crippen LogP contribution in [0.1, 0.15) is 33.3 Å². The molecule has 0 bridgehead atoms. The van der Waals surface area contributed by atoms with Crippen LogP contribution in [0.4, 0.5) is 5.69 Å². The maximum absolute atomic E-state index is 11.8. The fourth-order valence-corrected chi connectivity index (χ4v) is 1.94. The first kappa shape index (κ1) is 15.7. The van der Waals surface area contributed by atoms with Crippen LogP contribution < -0.4 is 5.32 Å². The lowest BCUT2D eigenvalue weighted by atomic mass is 9.87. The van der Waals surface area contributed by atoms with Crippen LogP contribution in [0.3, 0.4) is 0 Å². The molecule has 5 heteroatoms. The van der Waals surface area contributed by atoms with E-state index in [0.29, 0.717) is 5.69 Å². The summed E-state index contributed by atoms with van der Waals surface area (Å²) in [4.78, 5) is 11.8. The lowest BCUT2D eigenvalue weighted by Gasteiger charge is -2.19. The highest BCUT2D eigenvalue weighted by molar-refractivity contribution is 7.92. The van der Waals surface area contributed by atoms with Gasteiger partial charge in [-0.05, 0) is 30.0 Å². The molecule has 4 nitrogen and oxygen atoms in total. The zero-order valence-electron chi connectivity index (χ0n) is 12.0. The van der Waals surface area contributed by atoms with Crippen molar-refractivity contribution < 1.29 is 13.2 Å². The number of hydrogen-bond acceptors (Lipinski definition) is 3. The fraction of sp³-hybridized carbons (Fsp3) is 0.500. The van der Waals surface area contributed by atoms with Gasteiger partial charge in [0.1, 0.15) is 5.25 Å². The van der Waals surface area contributed by atoms with Crippen molar-refractivity contribution in [2.45, 2.75) is 38.4 Å². The second-order valence-corrected chi connectivity index (χ2v) is 8.15. The molecule has 0 spiro atoms. The van der Waals surface area contributed by atoms with Crippen molar-refractivity contribution in [1.82, 2.24) is 0 Å². The molecule has 1 aromatic carbocycles. The Kier molecular flexibility index (Phi) is 4.40. The van der Waals surface area contributed by atoms with Crippen molar-refractivity contribution in [2.24, 2.45) is 0 Å². The molecule has 0 saturated heterocycles. The molecule has 19 heavy (non-hydrogen) atoms. The summed E-state index contributed by atoms with van der Waals surface area (Å²) < 4.78 is 22.6. The summed E-state index contributed by atoms with van der Waals surface area (Å²) in [6.07, 6.45) is 1.06. The monoisotopic (exact) mass is 283 g/mol. The van der Waals surface area contributed by atoms with E-state index in [1.165, 1.54) is 6.92 Å². The molecule has 0 heterocycles. The number of amides is 1. The van der Waals surface area contributed by atoms with Gasteiger partial charge < -0.3 is 5.32 Å². The van der Waals surface area contributed by atoms with E-state index in [-0.39, 0.29) is 5.41 Å². The van der Waals surface area contributed by atoms with Crippen LogP contribution in [0.2, 0.25) is 0 Å². The van der Waals surface area contributed by atoms with Crippen LogP contribution in [-0.4, -0.2) is 25.8 Å². The number of rotatable bonds is 3. The van der Waals surface area contributed by atoms with Crippen LogP contribution in [-0.2, 0) is 20.0 Å². The average Bonchev–Trinajstić information content (AvgIpc) is 2.26. The minimum Gasteiger partial charge on any atom is -0.325 e. The van der Waals surface area contributed by atoms with Gasteiger partial charge in [0.2, 0.25) is 5.91 Å². The van der Waals surface area contributed by atoms with Crippen molar-refractivity contribution in [2.75, 3.05) is 11.6 Å². The van der Waals surface area contributed by atoms with Crippen molar-refractivity contribution >= 4 is 21.4 Å². The third kappa shape index (κ3) is 4.35. The third-order valence-electron chi connectivity index (χ3n) is 3.03. The SMILES string of the molecule is C[C@H](C(=O)Nc1ccc(C(C)(C)C)cc1)S(C)(=O)=O. The Bertz CT molecular complexity index is 553. The molecule has 0 aliphatic carbocycles. The van der Waals surface area contributed by atoms with E-state index in [2.05, 4.69) is 26.1 Å². The number of sulfone groups is 1. The van der Waals surface area contributed by atoms with Crippen molar-refractivity contribution in [1.29, 1.82) is 0 Å². The number of anilines is 1. The van der Waals surface area contributed by atoms with Gasteiger partial charge in [-0.2, -0.15) is 0 Å². The van der Waals surface area contributed by atoms with Crippen molar-refractivity contribution in [3.05, 3.63) is 29.8 Å². The standard InChI is InChI=1S/C14H21NO3S/c1-10(19(5,17)18)13(16)15-12-8-6-11(7-9-12)14(2,3)4/h6-10H,1-5H3,(H,15,16)/t10-/m1/s1. The van der Waals surface area contributed by atoms with Crippen LogP contribution >= 0.6 is 0 Å². The molecule has 1 rings (SSSR count). The van der Waals surface area contributed by atoms with E-state index < -0.39 is 21.0 Å². The molecular formula is C14H21NO3S. The molecule has 0 aliphatic heterocycles. The number of carbonyl (C=O) groups is 1. The lowest BCUT2D eigenvalue weighted by Crippen LogP contribution is -2.31. The molecule has 0 aromatic heterocycles. The van der Waals surface area contributed by atoms with Gasteiger partial charge >= 0.3 is 0 Å². The largest absolute Gasteiger partial charge is 0.325 e. The van der Waals surface area contributed by atoms with Crippen molar-refractivity contribution in [3.63, 3.8) is 0 Å². The quantitative estimate of drug-likeness (QED) is 0.926. The Balaban J connectivity index is 2.82. The summed E-state index contributed by atoms with van der Waals surface area (Å²) in [7, 11) is -3.37. The Morgan fingerprint density at radius 3 is 2.00 bits per heavy atom. The maximum Gasteiger partial charge on any atom is 0.242 e. The van der Waals surface area contributed by atoms with Gasteiger partial charge in [0, 0.05) is 11.9 Å². The van der Waals surface area contributed by atoms with Crippen LogP contribution in [0, 0.1) is 0 Å². The second kappa shape index (κ2) is 5.33. The summed E-state index contributed by atoms with van der Waals surface area (Å²) in [6, 6.07) is 7.43. The molecular weight excluding hydrogens is 262 g/mol. The zero-order chi connectivity index (χ0) is 14.8. The summed E-state index contributed by atoms with van der Waals surface area (Å²) in [5, 5.41) is 1.56. The molecule has 0 fully saturated rings. The molecule has 1 aromatic rings. The highest BCUT2D eigenvalue weighted by Crippen LogP contribution is 2.23. The number of benzene rings is 1. The molecule has 1 atom stereocenters. The van der Waals surface area contributed by atoms with E-state index >= 15 is 0 Å². The average molecular weight is 283 g/mol. The van der Waals surface area contributed by atoms with Gasteiger partial charge in [-0.1, -0.05) is 32.9 Å². The first-order chi connectivity index (χ1) is 8.51. The van der Waals surface area contributed by atoms with Gasteiger partial charge in [-0.3, -0.25) is 4.79 Å². The van der Waals surface area contributed by atoms with Crippen LogP contribution in [0.15, 0.2) is 24.3 Å². The maximum atomic E-state index is 11.8. The minimum atomic E-state index is -3.37. The van der Waals surface area contributed by atoms with E-state index in [1.54, 1.807) is 12.1 Å². The molecule has 0 saturated carbocycles. The molecule has 0 aliphatic rings. The first-order valence-electron chi connectivity index (χ1n) is 6.12. The summed E-state index contributed by atoms with van der Waals surface area (Å²) in [6.45, 7) is 7.69. The smallest absolute Gasteiger partial charge is 0.242 e. The predicted octanol–water partition coefficient (Wildman–Crippen LogP) is 2.36. The van der Waals surface area contributed by atoms with Crippen molar-refractivity contribution in [3.8, 4) is 0 Å². The number of carbonyl (C=O) groups excluding carboxylic acids is 1. The Labute approximate surface area is 115 Å². The summed E-state index contributed by atoms with van der Waals surface area (Å²) >= 11 is 0. The van der Waals surface area contributed by atoms with E-state index in [9.17, 15) is 13.2 Å². The van der Waals surface area contributed by atoms with Gasteiger partial charge in [0.25, 0.3) is 0 Å². The third-order valence-corrected chi connectivity index (χ3v) is 4.53. The van der Waals surface area contributed by atoms with Gasteiger partial charge in [0.05, 0.1) is 0 Å². The Morgan fingerprint density at radius 1 is 1.16 bits per heavy atom. The first-order valence-corrected chi connectivity index (χ1v) is 8.07. The molecule has 1 N–H and O–H groups in total. The fourth-order valence-electron chi connectivity index (χ4n) is 1.49. The second-order valence-electron chi connectivity index (χ2n) is 5.79. The van der Waals surface area contributed by atoms with Gasteiger partial charge in [-0.25, -0.2) is 8.42 Å². The lowest BCUT2D eigenvalue weighted by molar-refractivity contribution is -0.115. The van der Waals surface area contributed by atoms with Crippen LogP contribution in [0.5, 0.6) is 0 Å². The zero-order valence-corrected chi connectivity index (χ0v) is 12.8. The van der Waals surface area contributed by atoms with E-state index in [4.69, 9.17) is 0 Å². The Morgan fingerprint density at radius 2 is 1.63 bits per heavy atom. The summed E-state index contributed by atoms with van der Waals surface area (Å²) in [5.41, 5.74) is 1.80. The van der Waals surface area contributed by atoms with Gasteiger partial charge in [0.15, 0.2) is 9.84 Å². The predicted molar refractivity (Wildman–Crippen MR) is 78.1 cm³/mol. The van der Waals surface area contributed by atoms with Gasteiger partial charge in [-0.15, -0.1) is 0 Å². The highest BCUT2D eigenvalue weighted by atomic mass is 32.2. The molecule has 0 radical (unpaired) electrons. The molecule has 0 unspecified atom stereocenters. The minimum absolute atomic E-state index is 0.0442. The number of hydrogen-bond donors (Lipinski definition) is 1.